The van der Waals surface area contributed by atoms with E-state index in [4.69, 9.17) is 11.6 Å². The van der Waals surface area contributed by atoms with Gasteiger partial charge < -0.3 is 9.67 Å². The molecule has 0 saturated carbocycles. The minimum absolute atomic E-state index is 0.0195. The van der Waals surface area contributed by atoms with Crippen LogP contribution in [0.4, 0.5) is 0 Å². The summed E-state index contributed by atoms with van der Waals surface area (Å²) in [5.41, 5.74) is 5.32. The van der Waals surface area contributed by atoms with Gasteiger partial charge in [-0.25, -0.2) is 0 Å². The van der Waals surface area contributed by atoms with Gasteiger partial charge in [0.05, 0.1) is 11.9 Å². The molecule has 0 radical (unpaired) electrons. The van der Waals surface area contributed by atoms with Gasteiger partial charge >= 0.3 is 5.97 Å². The van der Waals surface area contributed by atoms with Crippen LogP contribution in [-0.2, 0) is 17.8 Å². The number of carbonyl (C=O) groups is 1. The summed E-state index contributed by atoms with van der Waals surface area (Å²) in [6, 6.07) is 18.3. The second kappa shape index (κ2) is 7.53. The molecule has 3 nitrogen and oxygen atoms in total. The average Bonchev–Trinajstić information content (AvgIpc) is 2.97. The number of carboxylic acids is 1. The molecule has 4 rings (SSSR count). The number of rotatable bonds is 5. The van der Waals surface area contributed by atoms with Gasteiger partial charge in [0.15, 0.2) is 0 Å². The fourth-order valence-corrected chi connectivity index (χ4v) is 5.01. The molecular weight excluding hydrogens is 390 g/mol. The van der Waals surface area contributed by atoms with Crippen LogP contribution < -0.4 is 0 Å². The lowest BCUT2D eigenvalue weighted by atomic mass is 10.0. The second-order valence-corrected chi connectivity index (χ2v) is 8.17. The van der Waals surface area contributed by atoms with Crippen molar-refractivity contribution in [1.29, 1.82) is 0 Å². The summed E-state index contributed by atoms with van der Waals surface area (Å²) >= 11 is 7.82. The number of nitrogens with zero attached hydrogens (tertiary/aromatic N) is 1. The summed E-state index contributed by atoms with van der Waals surface area (Å²) in [5.74, 6) is -0.813. The number of carboxylic acid groups (broad SMARTS) is 1. The topological polar surface area (TPSA) is 42.2 Å². The van der Waals surface area contributed by atoms with E-state index in [0.717, 1.165) is 32.6 Å². The molecule has 0 fully saturated rings. The standard InChI is InChI=1S/C23H20ClNO2S/c1-14-10-16(12-20(26)27)23(28-2)22-21(14)18-8-3-4-9-19(18)25(22)13-15-6-5-7-17(24)11-15/h3-11H,12-13H2,1-2H3,(H,26,27). The molecule has 4 aromatic rings. The van der Waals surface area contributed by atoms with Crippen LogP contribution in [0, 0.1) is 6.92 Å². The van der Waals surface area contributed by atoms with Crippen LogP contribution in [0.25, 0.3) is 21.8 Å². The van der Waals surface area contributed by atoms with Crippen molar-refractivity contribution < 1.29 is 9.90 Å². The Morgan fingerprint density at radius 2 is 1.93 bits per heavy atom. The van der Waals surface area contributed by atoms with Gasteiger partial charge in [-0.15, -0.1) is 11.8 Å². The molecule has 28 heavy (non-hydrogen) atoms. The van der Waals surface area contributed by atoms with Crippen LogP contribution in [0.5, 0.6) is 0 Å². The van der Waals surface area contributed by atoms with Gasteiger partial charge in [0.25, 0.3) is 0 Å². The molecule has 142 valence electrons. The third kappa shape index (κ3) is 3.27. The number of benzene rings is 3. The Balaban J connectivity index is 2.07. The Morgan fingerprint density at radius 3 is 2.64 bits per heavy atom. The predicted octanol–water partition coefficient (Wildman–Crippen LogP) is 6.15. The quantitative estimate of drug-likeness (QED) is 0.402. The molecule has 0 amide bonds. The number of aromatic nitrogens is 1. The number of thioether (sulfide) groups is 1. The van der Waals surface area contributed by atoms with E-state index in [1.807, 2.05) is 36.6 Å². The normalized spacial score (nSPS) is 11.4. The first-order valence-corrected chi connectivity index (χ1v) is 10.6. The van der Waals surface area contributed by atoms with Gasteiger partial charge in [0.2, 0.25) is 0 Å². The van der Waals surface area contributed by atoms with Crippen molar-refractivity contribution in [2.75, 3.05) is 6.26 Å². The molecule has 5 heteroatoms. The highest BCUT2D eigenvalue weighted by Gasteiger charge is 2.20. The Kier molecular flexibility index (Phi) is 5.09. The number of aliphatic carboxylic acids is 1. The molecule has 1 aromatic heterocycles. The third-order valence-electron chi connectivity index (χ3n) is 5.04. The molecule has 0 spiro atoms. The minimum atomic E-state index is -0.813. The third-order valence-corrected chi connectivity index (χ3v) is 6.14. The fourth-order valence-electron chi connectivity index (χ4n) is 3.99. The summed E-state index contributed by atoms with van der Waals surface area (Å²) < 4.78 is 2.29. The largest absolute Gasteiger partial charge is 0.481 e. The highest BCUT2D eigenvalue weighted by atomic mass is 35.5. The van der Waals surface area contributed by atoms with E-state index in [1.165, 1.54) is 10.8 Å². The highest BCUT2D eigenvalue weighted by Crippen LogP contribution is 2.39. The lowest BCUT2D eigenvalue weighted by Crippen LogP contribution is -2.05. The molecule has 0 saturated heterocycles. The van der Waals surface area contributed by atoms with Crippen LogP contribution in [0.2, 0.25) is 5.02 Å². The molecule has 1 heterocycles. The first-order valence-electron chi connectivity index (χ1n) is 9.03. The number of aryl methyl sites for hydroxylation is 1. The fraction of sp³-hybridized carbons (Fsp3) is 0.174. The lowest BCUT2D eigenvalue weighted by Gasteiger charge is -2.14. The van der Waals surface area contributed by atoms with E-state index in [2.05, 4.69) is 35.8 Å². The molecule has 3 aromatic carbocycles. The van der Waals surface area contributed by atoms with Crippen molar-refractivity contribution in [3.8, 4) is 0 Å². The van der Waals surface area contributed by atoms with E-state index in [0.29, 0.717) is 11.6 Å². The maximum atomic E-state index is 11.4. The summed E-state index contributed by atoms with van der Waals surface area (Å²) in [7, 11) is 0. The maximum Gasteiger partial charge on any atom is 0.307 e. The van der Waals surface area contributed by atoms with Crippen molar-refractivity contribution in [2.45, 2.75) is 24.8 Å². The van der Waals surface area contributed by atoms with Gasteiger partial charge in [-0.2, -0.15) is 0 Å². The second-order valence-electron chi connectivity index (χ2n) is 6.91. The first-order chi connectivity index (χ1) is 13.5. The SMILES string of the molecule is CSc1c(CC(=O)O)cc(C)c2c3ccccc3n(Cc3cccc(Cl)c3)c12. The average molecular weight is 410 g/mol. The Labute approximate surface area is 172 Å². The Morgan fingerprint density at radius 1 is 1.14 bits per heavy atom. The van der Waals surface area contributed by atoms with Crippen LogP contribution in [-0.4, -0.2) is 21.9 Å². The molecule has 0 atom stereocenters. The van der Waals surface area contributed by atoms with Crippen molar-refractivity contribution in [3.63, 3.8) is 0 Å². The molecule has 0 aliphatic heterocycles. The van der Waals surface area contributed by atoms with Gasteiger partial charge in [0.1, 0.15) is 0 Å². The van der Waals surface area contributed by atoms with Crippen molar-refractivity contribution >= 4 is 51.1 Å². The minimum Gasteiger partial charge on any atom is -0.481 e. The lowest BCUT2D eigenvalue weighted by molar-refractivity contribution is -0.136. The van der Waals surface area contributed by atoms with Crippen LogP contribution in [0.15, 0.2) is 59.5 Å². The van der Waals surface area contributed by atoms with Gasteiger partial charge in [-0.05, 0) is 48.1 Å². The summed E-state index contributed by atoms with van der Waals surface area (Å²) in [4.78, 5) is 12.5. The molecule has 1 N–H and O–H groups in total. The number of para-hydroxylation sites is 1. The van der Waals surface area contributed by atoms with Gasteiger partial charge in [0, 0.05) is 32.8 Å². The van der Waals surface area contributed by atoms with Crippen molar-refractivity contribution in [3.05, 3.63) is 76.3 Å². The number of hydrogen-bond donors (Lipinski definition) is 1. The van der Waals surface area contributed by atoms with E-state index in [1.54, 1.807) is 11.8 Å². The summed E-state index contributed by atoms with van der Waals surface area (Å²) in [6.07, 6.45) is 2.03. The van der Waals surface area contributed by atoms with E-state index in [-0.39, 0.29) is 6.42 Å². The molecular formula is C23H20ClNO2S. The number of hydrogen-bond acceptors (Lipinski definition) is 2. The van der Waals surface area contributed by atoms with Gasteiger partial charge in [-0.1, -0.05) is 48.0 Å². The summed E-state index contributed by atoms with van der Waals surface area (Å²) in [5, 5.41) is 12.5. The summed E-state index contributed by atoms with van der Waals surface area (Å²) in [6.45, 7) is 2.74. The van der Waals surface area contributed by atoms with Crippen LogP contribution >= 0.6 is 23.4 Å². The molecule has 0 aliphatic carbocycles. The van der Waals surface area contributed by atoms with Crippen molar-refractivity contribution in [1.82, 2.24) is 4.57 Å². The molecule has 0 bridgehead atoms. The monoisotopic (exact) mass is 409 g/mol. The van der Waals surface area contributed by atoms with E-state index in [9.17, 15) is 9.90 Å². The first kappa shape index (κ1) is 18.9. The zero-order chi connectivity index (χ0) is 19.8. The maximum absolute atomic E-state index is 11.4. The zero-order valence-electron chi connectivity index (χ0n) is 15.7. The Hall–Kier alpha value is -2.43. The Bertz CT molecular complexity index is 1210. The van der Waals surface area contributed by atoms with E-state index >= 15 is 0 Å². The number of fused-ring (bicyclic) bond motifs is 3. The highest BCUT2D eigenvalue weighted by molar-refractivity contribution is 7.98. The van der Waals surface area contributed by atoms with Crippen LogP contribution in [0.3, 0.4) is 0 Å². The number of halogens is 1. The smallest absolute Gasteiger partial charge is 0.307 e. The van der Waals surface area contributed by atoms with E-state index < -0.39 is 5.97 Å². The van der Waals surface area contributed by atoms with Crippen molar-refractivity contribution in [2.24, 2.45) is 0 Å². The molecule has 0 unspecified atom stereocenters. The zero-order valence-corrected chi connectivity index (χ0v) is 17.3. The van der Waals surface area contributed by atoms with Gasteiger partial charge in [-0.3, -0.25) is 4.79 Å². The van der Waals surface area contributed by atoms with Crippen LogP contribution in [0.1, 0.15) is 16.7 Å². The molecule has 0 aliphatic rings. The predicted molar refractivity (Wildman–Crippen MR) is 118 cm³/mol.